The van der Waals surface area contributed by atoms with Gasteiger partial charge in [0.1, 0.15) is 0 Å². The molecular formula is C65H44BN3. The smallest absolute Gasteiger partial charge is 0.252 e. The Balaban J connectivity index is 1.11. The number of aromatic nitrogens is 1. The van der Waals surface area contributed by atoms with E-state index in [0.29, 0.717) is 0 Å². The quantitative estimate of drug-likeness (QED) is 0.142. The maximum atomic E-state index is 5.52. The summed E-state index contributed by atoms with van der Waals surface area (Å²) < 4.78 is 0. The number of nitrogens with zero attached hydrogens (tertiary/aromatic N) is 3. The van der Waals surface area contributed by atoms with Crippen molar-refractivity contribution < 1.29 is 0 Å². The van der Waals surface area contributed by atoms with E-state index < -0.39 is 0 Å². The summed E-state index contributed by atoms with van der Waals surface area (Å²) in [5, 5.41) is 0. The number of pyridine rings is 1. The molecule has 0 atom stereocenters. The Bertz CT molecular complexity index is 3640. The Kier molecular flexibility index (Phi) is 9.94. The van der Waals surface area contributed by atoms with Gasteiger partial charge in [-0.2, -0.15) is 0 Å². The lowest BCUT2D eigenvalue weighted by Gasteiger charge is -2.45. The van der Waals surface area contributed by atoms with Gasteiger partial charge in [0.2, 0.25) is 0 Å². The fraction of sp³-hybridized carbons (Fsp3) is 0. The minimum Gasteiger partial charge on any atom is -0.311 e. The van der Waals surface area contributed by atoms with Gasteiger partial charge in [0, 0.05) is 39.6 Å². The normalized spacial score (nSPS) is 12.3. The third kappa shape index (κ3) is 7.13. The summed E-state index contributed by atoms with van der Waals surface area (Å²) in [5.41, 5.74) is 24.0. The van der Waals surface area contributed by atoms with Crippen LogP contribution in [0.5, 0.6) is 0 Å². The molecule has 69 heavy (non-hydrogen) atoms. The van der Waals surface area contributed by atoms with Crippen molar-refractivity contribution in [1.29, 1.82) is 0 Å². The average Bonchev–Trinajstić information content (AvgIpc) is 3.44. The zero-order chi connectivity index (χ0) is 45.7. The summed E-state index contributed by atoms with van der Waals surface area (Å²) in [6, 6.07) is 96.9. The molecule has 0 fully saturated rings. The van der Waals surface area contributed by atoms with Gasteiger partial charge in [0.25, 0.3) is 6.71 Å². The highest BCUT2D eigenvalue weighted by atomic mass is 15.2. The molecule has 0 aliphatic carbocycles. The number of benzene rings is 10. The first-order valence-corrected chi connectivity index (χ1v) is 23.7. The minimum atomic E-state index is -0.121. The summed E-state index contributed by atoms with van der Waals surface area (Å²) in [6.45, 7) is -0.121. The van der Waals surface area contributed by atoms with Gasteiger partial charge < -0.3 is 9.80 Å². The fourth-order valence-corrected chi connectivity index (χ4v) is 10.6. The van der Waals surface area contributed by atoms with Gasteiger partial charge in [0.15, 0.2) is 0 Å². The number of rotatable bonds is 8. The second-order valence-corrected chi connectivity index (χ2v) is 17.9. The first kappa shape index (κ1) is 40.3. The largest absolute Gasteiger partial charge is 0.311 e. The molecule has 0 spiro atoms. The second-order valence-electron chi connectivity index (χ2n) is 17.9. The molecule has 2 aliphatic rings. The van der Waals surface area contributed by atoms with E-state index in [9.17, 15) is 0 Å². The van der Waals surface area contributed by atoms with Gasteiger partial charge in [-0.25, -0.2) is 4.98 Å². The zero-order valence-corrected chi connectivity index (χ0v) is 37.8. The van der Waals surface area contributed by atoms with Crippen LogP contribution >= 0.6 is 0 Å². The summed E-state index contributed by atoms with van der Waals surface area (Å²) >= 11 is 0. The summed E-state index contributed by atoms with van der Waals surface area (Å²) in [6.07, 6.45) is 0. The van der Waals surface area contributed by atoms with Gasteiger partial charge in [-0.3, -0.25) is 0 Å². The molecule has 0 bridgehead atoms. The van der Waals surface area contributed by atoms with E-state index >= 15 is 0 Å². The molecule has 0 N–H and O–H groups in total. The monoisotopic (exact) mass is 877 g/mol. The van der Waals surface area contributed by atoms with Crippen LogP contribution in [0.4, 0.5) is 34.1 Å². The van der Waals surface area contributed by atoms with E-state index in [1.165, 1.54) is 55.5 Å². The number of anilines is 6. The van der Waals surface area contributed by atoms with Crippen molar-refractivity contribution in [3.8, 4) is 67.0 Å². The highest BCUT2D eigenvalue weighted by molar-refractivity contribution is 7.00. The molecule has 4 heteroatoms. The summed E-state index contributed by atoms with van der Waals surface area (Å²) in [4.78, 5) is 10.5. The van der Waals surface area contributed by atoms with Crippen molar-refractivity contribution in [1.82, 2.24) is 4.98 Å². The molecule has 0 saturated carbocycles. The van der Waals surface area contributed by atoms with Crippen molar-refractivity contribution in [3.63, 3.8) is 0 Å². The lowest BCUT2D eigenvalue weighted by molar-refractivity contribution is 1.24. The molecule has 2 aliphatic heterocycles. The average molecular weight is 878 g/mol. The summed E-state index contributed by atoms with van der Waals surface area (Å²) in [5.74, 6) is 0. The van der Waals surface area contributed by atoms with E-state index in [4.69, 9.17) is 4.98 Å². The summed E-state index contributed by atoms with van der Waals surface area (Å²) in [7, 11) is 0. The number of hydrogen-bond donors (Lipinski definition) is 0. The zero-order valence-electron chi connectivity index (χ0n) is 37.8. The van der Waals surface area contributed by atoms with Crippen LogP contribution in [0, 0.1) is 0 Å². The van der Waals surface area contributed by atoms with Crippen LogP contribution in [0.2, 0.25) is 0 Å². The van der Waals surface area contributed by atoms with Crippen LogP contribution in [0.15, 0.2) is 267 Å². The SMILES string of the molecule is c1ccc(-c2ccc(N3c4ccc(-c5ccccc5)cc4B4c5cc(-c6ccccc6)cc(-c6cccc(-c7ccccc7)n6)c5N(c5ccc(-c6ccccc6)cc5)c5cccc3c54)cc2)cc1. The maximum absolute atomic E-state index is 5.52. The van der Waals surface area contributed by atoms with Crippen molar-refractivity contribution >= 4 is 57.2 Å². The predicted octanol–water partition coefficient (Wildman–Crippen LogP) is 15.2. The van der Waals surface area contributed by atoms with E-state index in [0.717, 1.165) is 62.1 Å². The van der Waals surface area contributed by atoms with Gasteiger partial charge >= 0.3 is 0 Å². The van der Waals surface area contributed by atoms with Gasteiger partial charge in [-0.15, -0.1) is 0 Å². The first-order valence-electron chi connectivity index (χ1n) is 23.7. The molecule has 3 heterocycles. The molecule has 0 saturated heterocycles. The lowest BCUT2D eigenvalue weighted by Crippen LogP contribution is -2.61. The van der Waals surface area contributed by atoms with E-state index in [1.807, 2.05) is 0 Å². The maximum Gasteiger partial charge on any atom is 0.252 e. The predicted molar refractivity (Wildman–Crippen MR) is 291 cm³/mol. The fourth-order valence-electron chi connectivity index (χ4n) is 10.6. The lowest BCUT2D eigenvalue weighted by atomic mass is 9.33. The third-order valence-corrected chi connectivity index (χ3v) is 13.9. The third-order valence-electron chi connectivity index (χ3n) is 13.9. The van der Waals surface area contributed by atoms with Crippen molar-refractivity contribution in [3.05, 3.63) is 267 Å². The molecule has 322 valence electrons. The molecule has 1 aromatic heterocycles. The molecule has 13 rings (SSSR count). The van der Waals surface area contributed by atoms with Crippen LogP contribution in [0.25, 0.3) is 67.0 Å². The number of fused-ring (bicyclic) bond motifs is 4. The highest BCUT2D eigenvalue weighted by Crippen LogP contribution is 2.48. The van der Waals surface area contributed by atoms with E-state index in [1.54, 1.807) is 0 Å². The standard InChI is InChI=1S/C65H44BN3/c1-6-18-45(19-7-1)49-32-37-54(38-33-49)68-61-41-36-52(47-22-10-3-11-23-47)43-57(61)66-58-44-53(48-24-12-4-13-25-48)42-56(60-29-16-28-59(67-60)51-26-14-5-15-27-51)65(58)69(63-31-17-30-62(68)64(63)66)55-39-34-50(35-40-55)46-20-8-2-9-21-46/h1-44H. The Morgan fingerprint density at radius 1 is 0.275 bits per heavy atom. The Labute approximate surface area is 404 Å². The molecular weight excluding hydrogens is 834 g/mol. The minimum absolute atomic E-state index is 0.121. The van der Waals surface area contributed by atoms with Crippen LogP contribution in [-0.4, -0.2) is 11.7 Å². The first-order chi connectivity index (χ1) is 34.2. The van der Waals surface area contributed by atoms with Crippen LogP contribution in [0.3, 0.4) is 0 Å². The molecule has 0 amide bonds. The van der Waals surface area contributed by atoms with Crippen LogP contribution in [-0.2, 0) is 0 Å². The van der Waals surface area contributed by atoms with Gasteiger partial charge in [-0.1, -0.05) is 206 Å². The Hall–Kier alpha value is -8.99. The van der Waals surface area contributed by atoms with E-state index in [2.05, 4.69) is 277 Å². The Morgan fingerprint density at radius 2 is 0.696 bits per heavy atom. The topological polar surface area (TPSA) is 19.4 Å². The second kappa shape index (κ2) is 17.0. The van der Waals surface area contributed by atoms with Crippen LogP contribution < -0.4 is 26.2 Å². The number of hydrogen-bond acceptors (Lipinski definition) is 3. The van der Waals surface area contributed by atoms with Crippen LogP contribution in [0.1, 0.15) is 0 Å². The Morgan fingerprint density at radius 3 is 1.26 bits per heavy atom. The molecule has 11 aromatic rings. The van der Waals surface area contributed by atoms with Gasteiger partial charge in [0.05, 0.1) is 17.1 Å². The van der Waals surface area contributed by atoms with Crippen molar-refractivity contribution in [2.75, 3.05) is 9.80 Å². The highest BCUT2D eigenvalue weighted by Gasteiger charge is 2.44. The molecule has 0 unspecified atom stereocenters. The molecule has 3 nitrogen and oxygen atoms in total. The molecule has 0 radical (unpaired) electrons. The van der Waals surface area contributed by atoms with Crippen molar-refractivity contribution in [2.24, 2.45) is 0 Å². The molecule has 10 aromatic carbocycles. The van der Waals surface area contributed by atoms with E-state index in [-0.39, 0.29) is 6.71 Å². The van der Waals surface area contributed by atoms with Gasteiger partial charge in [-0.05, 0) is 122 Å². The van der Waals surface area contributed by atoms with Crippen molar-refractivity contribution in [2.45, 2.75) is 0 Å².